The number of nitrogens with zero attached hydrogens (tertiary/aromatic N) is 4. The number of amides is 1. The normalized spacial score (nSPS) is 12.4. The lowest BCUT2D eigenvalue weighted by Crippen LogP contribution is -2.25. The van der Waals surface area contributed by atoms with Gasteiger partial charge >= 0.3 is 5.97 Å². The Labute approximate surface area is 356 Å². The maximum Gasteiger partial charge on any atom is 0.335 e. The number of hydrogen-bond acceptors (Lipinski definition) is 6. The SMILES string of the molecule is CC(C)CNc1cc(-c2ccccc2)cc2c1ncn2-c1ccc(C(=O)NC2CC2)cc1.CC(C)CNc1cc(-c2ccccc2)cc2c1ncn2-c1ccc(C(=O)O)cc1. The molecule has 2 aromatic heterocycles. The van der Waals surface area contributed by atoms with Crippen LogP contribution in [0.15, 0.2) is 146 Å². The molecule has 6 aromatic carbocycles. The molecule has 0 spiro atoms. The molecule has 10 heteroatoms. The molecule has 4 N–H and O–H groups in total. The van der Waals surface area contributed by atoms with Gasteiger partial charge in [0.1, 0.15) is 23.7 Å². The van der Waals surface area contributed by atoms with E-state index in [-0.39, 0.29) is 11.5 Å². The Morgan fingerprint density at radius 1 is 0.590 bits per heavy atom. The first-order chi connectivity index (χ1) is 29.6. The maximum atomic E-state index is 12.3. The molecule has 0 aliphatic heterocycles. The number of aromatic carboxylic acids is 1. The lowest BCUT2D eigenvalue weighted by molar-refractivity contribution is 0.0696. The van der Waals surface area contributed by atoms with E-state index in [9.17, 15) is 9.59 Å². The Morgan fingerprint density at radius 2 is 1.02 bits per heavy atom. The van der Waals surface area contributed by atoms with Crippen molar-refractivity contribution in [2.45, 2.75) is 46.6 Å². The first-order valence-electron chi connectivity index (χ1n) is 21.0. The van der Waals surface area contributed by atoms with Crippen LogP contribution in [-0.2, 0) is 0 Å². The Morgan fingerprint density at radius 3 is 1.41 bits per heavy atom. The molecule has 0 saturated heterocycles. The smallest absolute Gasteiger partial charge is 0.335 e. The van der Waals surface area contributed by atoms with E-state index in [0.29, 0.717) is 23.4 Å². The quantitative estimate of drug-likeness (QED) is 0.0913. The molecule has 0 radical (unpaired) electrons. The molecule has 8 aromatic rings. The molecular weight excluding hydrogens is 759 g/mol. The van der Waals surface area contributed by atoms with Gasteiger partial charge in [0.15, 0.2) is 0 Å². The summed E-state index contributed by atoms with van der Waals surface area (Å²) in [6.07, 6.45) is 5.82. The fourth-order valence-corrected chi connectivity index (χ4v) is 7.17. The van der Waals surface area contributed by atoms with Gasteiger partial charge in [-0.2, -0.15) is 0 Å². The molecule has 9 rings (SSSR count). The second kappa shape index (κ2) is 18.0. The van der Waals surface area contributed by atoms with Gasteiger partial charge in [-0.05, 0) is 120 Å². The Hall–Kier alpha value is -7.20. The Kier molecular flexibility index (Phi) is 12.0. The van der Waals surface area contributed by atoms with E-state index in [0.717, 1.165) is 87.4 Å². The number of fused-ring (bicyclic) bond motifs is 2. The number of imidazole rings is 2. The van der Waals surface area contributed by atoms with Gasteiger partial charge in [0, 0.05) is 36.1 Å². The molecule has 0 bridgehead atoms. The fourth-order valence-electron chi connectivity index (χ4n) is 7.17. The van der Waals surface area contributed by atoms with E-state index in [2.05, 4.69) is 114 Å². The van der Waals surface area contributed by atoms with Crippen LogP contribution in [0.3, 0.4) is 0 Å². The second-order valence-electron chi connectivity index (χ2n) is 16.4. The largest absolute Gasteiger partial charge is 0.478 e. The van der Waals surface area contributed by atoms with Crippen LogP contribution in [0.25, 0.3) is 55.7 Å². The lowest BCUT2D eigenvalue weighted by Gasteiger charge is -2.13. The number of rotatable bonds is 13. The Balaban J connectivity index is 0.000000169. The van der Waals surface area contributed by atoms with E-state index in [1.54, 1.807) is 30.6 Å². The van der Waals surface area contributed by atoms with E-state index in [1.807, 2.05) is 59.4 Å². The number of carboxylic acids is 1. The van der Waals surface area contributed by atoms with Crippen molar-refractivity contribution in [2.75, 3.05) is 23.7 Å². The van der Waals surface area contributed by atoms with Crippen molar-refractivity contribution in [3.63, 3.8) is 0 Å². The summed E-state index contributed by atoms with van der Waals surface area (Å²) in [6, 6.07) is 44.2. The molecule has 1 saturated carbocycles. The van der Waals surface area contributed by atoms with Crippen LogP contribution in [0.4, 0.5) is 11.4 Å². The summed E-state index contributed by atoms with van der Waals surface area (Å²) in [5, 5.41) is 19.3. The molecule has 61 heavy (non-hydrogen) atoms. The molecule has 1 aliphatic carbocycles. The molecule has 0 atom stereocenters. The highest BCUT2D eigenvalue weighted by molar-refractivity contribution is 5.97. The fraction of sp³-hybridized carbons (Fsp3) is 0.216. The van der Waals surface area contributed by atoms with Crippen LogP contribution < -0.4 is 16.0 Å². The van der Waals surface area contributed by atoms with Crippen molar-refractivity contribution in [3.8, 4) is 33.6 Å². The summed E-state index contributed by atoms with van der Waals surface area (Å²) >= 11 is 0. The van der Waals surface area contributed by atoms with Crippen LogP contribution in [0.2, 0.25) is 0 Å². The second-order valence-corrected chi connectivity index (χ2v) is 16.4. The van der Waals surface area contributed by atoms with Gasteiger partial charge in [0.25, 0.3) is 5.91 Å². The van der Waals surface area contributed by atoms with E-state index >= 15 is 0 Å². The molecule has 1 amide bonds. The topological polar surface area (TPSA) is 126 Å². The van der Waals surface area contributed by atoms with Crippen LogP contribution in [0.5, 0.6) is 0 Å². The van der Waals surface area contributed by atoms with Crippen molar-refractivity contribution in [3.05, 3.63) is 157 Å². The molecular formula is C51H51N7O3. The molecule has 2 heterocycles. The molecule has 0 unspecified atom stereocenters. The van der Waals surface area contributed by atoms with Gasteiger partial charge in [-0.25, -0.2) is 14.8 Å². The number of carbonyl (C=O) groups is 2. The molecule has 10 nitrogen and oxygen atoms in total. The van der Waals surface area contributed by atoms with Crippen LogP contribution in [0, 0.1) is 11.8 Å². The zero-order valence-corrected chi connectivity index (χ0v) is 35.0. The minimum absolute atomic E-state index is 0.000995. The Bertz CT molecular complexity index is 2770. The zero-order valence-electron chi connectivity index (χ0n) is 35.0. The predicted octanol–water partition coefficient (Wildman–Crippen LogP) is 11.1. The monoisotopic (exact) mass is 809 g/mol. The third-order valence-corrected chi connectivity index (χ3v) is 10.6. The summed E-state index contributed by atoms with van der Waals surface area (Å²) < 4.78 is 4.08. The van der Waals surface area contributed by atoms with Crippen molar-refractivity contribution in [1.82, 2.24) is 24.4 Å². The number of hydrogen-bond donors (Lipinski definition) is 4. The first-order valence-corrected chi connectivity index (χ1v) is 21.0. The highest BCUT2D eigenvalue weighted by Gasteiger charge is 2.24. The van der Waals surface area contributed by atoms with Crippen molar-refractivity contribution in [2.24, 2.45) is 11.8 Å². The standard InChI is InChI=1S/C27H28N4O.C24H23N3O2/c1-18(2)16-28-24-14-21(19-6-4-3-5-7-19)15-25-26(24)29-17-31(25)23-12-8-20(9-13-23)27(32)30-22-10-11-22;1-16(2)14-25-21-12-19(17-6-4-3-5-7-17)13-22-23(21)26-15-27(22)20-10-8-18(9-11-20)24(28)29/h3-9,12-15,17-18,22,28H,10-11,16H2,1-2H3,(H,30,32);3-13,15-16,25H,14H2,1-2H3,(H,28,29). The number of carboxylic acid groups (broad SMARTS) is 1. The highest BCUT2D eigenvalue weighted by Crippen LogP contribution is 2.34. The van der Waals surface area contributed by atoms with E-state index in [4.69, 9.17) is 10.1 Å². The summed E-state index contributed by atoms with van der Waals surface area (Å²) in [6.45, 7) is 10.5. The summed E-state index contributed by atoms with van der Waals surface area (Å²) in [5.41, 5.74) is 13.2. The first kappa shape index (κ1) is 40.6. The van der Waals surface area contributed by atoms with Gasteiger partial charge < -0.3 is 21.1 Å². The van der Waals surface area contributed by atoms with Gasteiger partial charge in [-0.15, -0.1) is 0 Å². The average Bonchev–Trinajstić information content (AvgIpc) is 3.82. The minimum Gasteiger partial charge on any atom is -0.478 e. The lowest BCUT2D eigenvalue weighted by atomic mass is 10.0. The predicted molar refractivity (Wildman–Crippen MR) is 247 cm³/mol. The summed E-state index contributed by atoms with van der Waals surface area (Å²) in [4.78, 5) is 32.9. The molecule has 1 fully saturated rings. The number of anilines is 2. The maximum absolute atomic E-state index is 12.3. The van der Waals surface area contributed by atoms with Gasteiger partial charge in [-0.3, -0.25) is 13.9 Å². The average molecular weight is 810 g/mol. The number of nitrogens with one attached hydrogen (secondary N) is 3. The van der Waals surface area contributed by atoms with Crippen molar-refractivity contribution in [1.29, 1.82) is 0 Å². The van der Waals surface area contributed by atoms with Crippen LogP contribution in [-0.4, -0.2) is 55.2 Å². The summed E-state index contributed by atoms with van der Waals surface area (Å²) in [5.74, 6) is 0.109. The molecule has 1 aliphatic rings. The number of carbonyl (C=O) groups excluding carboxylic acids is 1. The van der Waals surface area contributed by atoms with Crippen molar-refractivity contribution >= 4 is 45.3 Å². The van der Waals surface area contributed by atoms with Gasteiger partial charge in [-0.1, -0.05) is 88.4 Å². The van der Waals surface area contributed by atoms with E-state index in [1.165, 1.54) is 5.56 Å². The van der Waals surface area contributed by atoms with Crippen molar-refractivity contribution < 1.29 is 14.7 Å². The van der Waals surface area contributed by atoms with Crippen LogP contribution >= 0.6 is 0 Å². The highest BCUT2D eigenvalue weighted by atomic mass is 16.4. The van der Waals surface area contributed by atoms with Gasteiger partial charge in [0.2, 0.25) is 0 Å². The summed E-state index contributed by atoms with van der Waals surface area (Å²) in [7, 11) is 0. The van der Waals surface area contributed by atoms with Crippen LogP contribution in [0.1, 0.15) is 61.3 Å². The number of aromatic nitrogens is 4. The van der Waals surface area contributed by atoms with Gasteiger partial charge in [0.05, 0.1) is 28.0 Å². The zero-order chi connectivity index (χ0) is 42.5. The third-order valence-electron chi connectivity index (χ3n) is 10.6. The molecule has 308 valence electrons. The van der Waals surface area contributed by atoms with E-state index < -0.39 is 5.97 Å². The third kappa shape index (κ3) is 9.49. The minimum atomic E-state index is -0.932. The number of benzene rings is 6.